The van der Waals surface area contributed by atoms with Gasteiger partial charge in [0.15, 0.2) is 0 Å². The van der Waals surface area contributed by atoms with Crippen LogP contribution in [-0.2, 0) is 25.6 Å². The molecule has 0 saturated carbocycles. The number of hydrogen-bond acceptors (Lipinski definition) is 6. The van der Waals surface area contributed by atoms with Crippen molar-refractivity contribution in [3.63, 3.8) is 0 Å². The number of aliphatic carboxylic acids is 1. The predicted molar refractivity (Wildman–Crippen MR) is 132 cm³/mol. The minimum Gasteiger partial charge on any atom is -0.480 e. The Morgan fingerprint density at radius 1 is 1.03 bits per heavy atom. The molecule has 10 nitrogen and oxygen atoms in total. The van der Waals surface area contributed by atoms with Crippen molar-refractivity contribution in [2.24, 2.45) is 11.7 Å². The Morgan fingerprint density at radius 3 is 2.24 bits per heavy atom. The van der Waals surface area contributed by atoms with Crippen molar-refractivity contribution in [2.75, 3.05) is 5.75 Å². The molecule has 5 atom stereocenters. The van der Waals surface area contributed by atoms with Gasteiger partial charge in [0.25, 0.3) is 0 Å². The number of aromatic nitrogens is 1. The number of aromatic amines is 1. The van der Waals surface area contributed by atoms with E-state index in [4.69, 9.17) is 5.73 Å². The average molecular weight is 492 g/mol. The van der Waals surface area contributed by atoms with Gasteiger partial charge in [-0.05, 0) is 24.5 Å². The van der Waals surface area contributed by atoms with Crippen LogP contribution in [0.2, 0.25) is 0 Å². The Balaban J connectivity index is 2.21. The lowest BCUT2D eigenvalue weighted by molar-refractivity contribution is -0.143. The fourth-order valence-corrected chi connectivity index (χ4v) is 3.69. The number of thiol groups is 1. The van der Waals surface area contributed by atoms with Gasteiger partial charge in [-0.1, -0.05) is 38.5 Å². The summed E-state index contributed by atoms with van der Waals surface area (Å²) in [5.41, 5.74) is 7.35. The number of fused-ring (bicyclic) bond motifs is 1. The summed E-state index contributed by atoms with van der Waals surface area (Å²) in [6, 6.07) is 3.49. The number of hydrogen-bond donors (Lipinski definition) is 7. The van der Waals surface area contributed by atoms with E-state index in [-0.39, 0.29) is 18.1 Å². The molecule has 0 bridgehead atoms. The molecule has 1 aromatic heterocycles. The summed E-state index contributed by atoms with van der Waals surface area (Å²) in [5.74, 6) is -3.32. The number of amides is 3. The first-order valence-electron chi connectivity index (χ1n) is 11.1. The number of carboxylic acid groups (broad SMARTS) is 1. The van der Waals surface area contributed by atoms with Crippen LogP contribution in [0, 0.1) is 5.92 Å². The van der Waals surface area contributed by atoms with Crippen LogP contribution in [0.15, 0.2) is 30.5 Å². The van der Waals surface area contributed by atoms with Crippen LogP contribution in [0.3, 0.4) is 0 Å². The molecule has 0 aliphatic carbocycles. The Bertz CT molecular complexity index is 1020. The van der Waals surface area contributed by atoms with E-state index in [0.717, 1.165) is 16.5 Å². The van der Waals surface area contributed by atoms with E-state index in [0.29, 0.717) is 6.42 Å². The van der Waals surface area contributed by atoms with Crippen LogP contribution in [0.4, 0.5) is 0 Å². The molecule has 186 valence electrons. The molecule has 34 heavy (non-hydrogen) atoms. The number of nitrogens with one attached hydrogen (secondary N) is 4. The molecule has 0 spiro atoms. The first-order valence-corrected chi connectivity index (χ1v) is 11.8. The summed E-state index contributed by atoms with van der Waals surface area (Å²) in [6.07, 6.45) is 2.46. The van der Waals surface area contributed by atoms with Crippen molar-refractivity contribution in [3.05, 3.63) is 36.0 Å². The maximum Gasteiger partial charge on any atom is 0.326 e. The van der Waals surface area contributed by atoms with E-state index in [1.165, 1.54) is 6.92 Å². The predicted octanol–water partition coefficient (Wildman–Crippen LogP) is 0.573. The van der Waals surface area contributed by atoms with Crippen molar-refractivity contribution in [1.82, 2.24) is 20.9 Å². The molecule has 7 N–H and O–H groups in total. The third-order valence-corrected chi connectivity index (χ3v) is 6.10. The van der Waals surface area contributed by atoms with E-state index < -0.39 is 47.9 Å². The Hall–Kier alpha value is -3.05. The smallest absolute Gasteiger partial charge is 0.326 e. The first-order chi connectivity index (χ1) is 16.1. The number of benzene rings is 1. The quantitative estimate of drug-likeness (QED) is 0.214. The van der Waals surface area contributed by atoms with Gasteiger partial charge in [0.1, 0.15) is 18.1 Å². The standard InChI is InChI=1S/C23H33N5O5S/c1-4-12(2)19(23(32)33)28-22(31)18(11-34)27-21(30)17(26-20(29)13(3)24)9-14-10-25-16-8-6-5-7-15(14)16/h5-8,10,12-13,17-19,25,34H,4,9,11,24H2,1-3H3,(H,26,29)(H,27,30)(H,28,31)(H,32,33). The lowest BCUT2D eigenvalue weighted by Gasteiger charge is -2.25. The molecule has 5 unspecified atom stereocenters. The van der Waals surface area contributed by atoms with Gasteiger partial charge < -0.3 is 31.8 Å². The Morgan fingerprint density at radius 2 is 1.65 bits per heavy atom. The molecule has 0 radical (unpaired) electrons. The van der Waals surface area contributed by atoms with Gasteiger partial charge in [-0.2, -0.15) is 12.6 Å². The van der Waals surface area contributed by atoms with Gasteiger partial charge in [-0.25, -0.2) is 4.79 Å². The first kappa shape index (κ1) is 27.2. The lowest BCUT2D eigenvalue weighted by Crippen LogP contribution is -2.58. The van der Waals surface area contributed by atoms with Gasteiger partial charge in [0.2, 0.25) is 17.7 Å². The maximum absolute atomic E-state index is 13.1. The molecule has 0 aliphatic heterocycles. The molecule has 2 aromatic rings. The van der Waals surface area contributed by atoms with Crippen molar-refractivity contribution >= 4 is 47.2 Å². The van der Waals surface area contributed by atoms with Gasteiger partial charge in [-0.15, -0.1) is 0 Å². The highest BCUT2D eigenvalue weighted by atomic mass is 32.1. The Kier molecular flexibility index (Phi) is 9.94. The van der Waals surface area contributed by atoms with E-state index in [1.807, 2.05) is 31.2 Å². The van der Waals surface area contributed by atoms with E-state index in [1.54, 1.807) is 13.1 Å². The van der Waals surface area contributed by atoms with E-state index in [2.05, 4.69) is 33.6 Å². The minimum absolute atomic E-state index is 0.0640. The zero-order valence-electron chi connectivity index (χ0n) is 19.5. The van der Waals surface area contributed by atoms with Crippen LogP contribution >= 0.6 is 12.6 Å². The number of rotatable bonds is 12. The second-order valence-corrected chi connectivity index (χ2v) is 8.73. The number of para-hydroxylation sites is 1. The van der Waals surface area contributed by atoms with Gasteiger partial charge in [-0.3, -0.25) is 14.4 Å². The molecule has 1 heterocycles. The van der Waals surface area contributed by atoms with Gasteiger partial charge in [0.05, 0.1) is 6.04 Å². The molecule has 2 rings (SSSR count). The highest BCUT2D eigenvalue weighted by molar-refractivity contribution is 7.80. The Labute approximate surface area is 203 Å². The fourth-order valence-electron chi connectivity index (χ4n) is 3.44. The lowest BCUT2D eigenvalue weighted by atomic mass is 9.99. The molecular weight excluding hydrogens is 458 g/mol. The van der Waals surface area contributed by atoms with Crippen LogP contribution in [0.1, 0.15) is 32.8 Å². The largest absolute Gasteiger partial charge is 0.480 e. The summed E-state index contributed by atoms with van der Waals surface area (Å²) in [7, 11) is 0. The highest BCUT2D eigenvalue weighted by Gasteiger charge is 2.31. The summed E-state index contributed by atoms with van der Waals surface area (Å²) in [4.78, 5) is 52.9. The molecule has 0 fully saturated rings. The summed E-state index contributed by atoms with van der Waals surface area (Å²) < 4.78 is 0. The van der Waals surface area contributed by atoms with Crippen molar-refractivity contribution in [1.29, 1.82) is 0 Å². The SMILES string of the molecule is CCC(C)C(NC(=O)C(CS)NC(=O)C(Cc1c[nH]c2ccccc12)NC(=O)C(C)N)C(=O)O. The molecule has 1 aromatic carbocycles. The monoisotopic (exact) mass is 491 g/mol. The van der Waals surface area contributed by atoms with Crippen LogP contribution in [0.25, 0.3) is 10.9 Å². The maximum atomic E-state index is 13.1. The second kappa shape index (κ2) is 12.4. The summed E-state index contributed by atoms with van der Waals surface area (Å²) in [6.45, 7) is 5.04. The molecular formula is C23H33N5O5S. The molecule has 0 aliphatic rings. The summed E-state index contributed by atoms with van der Waals surface area (Å²) >= 11 is 4.15. The molecule has 3 amide bonds. The topological polar surface area (TPSA) is 166 Å². The van der Waals surface area contributed by atoms with Crippen molar-refractivity contribution in [2.45, 2.75) is 57.8 Å². The van der Waals surface area contributed by atoms with Crippen molar-refractivity contribution < 1.29 is 24.3 Å². The third-order valence-electron chi connectivity index (χ3n) is 5.74. The summed E-state index contributed by atoms with van der Waals surface area (Å²) in [5, 5.41) is 18.0. The zero-order chi connectivity index (χ0) is 25.4. The zero-order valence-corrected chi connectivity index (χ0v) is 20.4. The second-order valence-electron chi connectivity index (χ2n) is 8.37. The van der Waals surface area contributed by atoms with E-state index >= 15 is 0 Å². The highest BCUT2D eigenvalue weighted by Crippen LogP contribution is 2.19. The number of nitrogens with two attached hydrogens (primary N) is 1. The van der Waals surface area contributed by atoms with Crippen LogP contribution < -0.4 is 21.7 Å². The van der Waals surface area contributed by atoms with Crippen LogP contribution in [-0.4, -0.2) is 63.7 Å². The van der Waals surface area contributed by atoms with Gasteiger partial charge in [0, 0.05) is 29.3 Å². The van der Waals surface area contributed by atoms with Crippen LogP contribution in [0.5, 0.6) is 0 Å². The molecule has 0 saturated heterocycles. The number of H-pyrrole nitrogens is 1. The van der Waals surface area contributed by atoms with Gasteiger partial charge >= 0.3 is 5.97 Å². The number of carbonyl (C=O) groups is 4. The molecule has 11 heteroatoms. The minimum atomic E-state index is -1.16. The number of carboxylic acids is 1. The normalized spacial score (nSPS) is 15.6. The number of carbonyl (C=O) groups excluding carboxylic acids is 3. The van der Waals surface area contributed by atoms with Crippen molar-refractivity contribution in [3.8, 4) is 0 Å². The third kappa shape index (κ3) is 6.97. The van der Waals surface area contributed by atoms with E-state index in [9.17, 15) is 24.3 Å². The average Bonchev–Trinajstić information content (AvgIpc) is 3.22. The fraction of sp³-hybridized carbons (Fsp3) is 0.478.